The Kier molecular flexibility index (Phi) is 6.35. The molecule has 0 saturated heterocycles. The third kappa shape index (κ3) is 5.64. The number of aliphatic hydroxyl groups is 1. The Bertz CT molecular complexity index is 201. The lowest BCUT2D eigenvalue weighted by molar-refractivity contribution is -0.130. The number of nitrogens with zero attached hydrogens (tertiary/aromatic N) is 1. The maximum atomic E-state index is 11.9. The maximum absolute atomic E-state index is 11.9. The second kappa shape index (κ2) is 6.68. The second-order valence-electron chi connectivity index (χ2n) is 3.63. The number of hydrogen-bond donors (Lipinski definition) is 2. The van der Waals surface area contributed by atoms with Gasteiger partial charge in [0.1, 0.15) is 6.10 Å². The molecule has 6 heteroatoms. The Balaban J connectivity index is 3.73. The molecule has 2 N–H and O–H groups in total. The van der Waals surface area contributed by atoms with Crippen LogP contribution in [0, 0.1) is 0 Å². The predicted molar refractivity (Wildman–Crippen MR) is 52.8 cm³/mol. The first-order valence-electron chi connectivity index (χ1n) is 4.78. The minimum absolute atomic E-state index is 0.0432. The minimum Gasteiger partial charge on any atom is -0.386 e. The average Bonchev–Trinajstić information content (AvgIpc) is 2.15. The van der Waals surface area contributed by atoms with Crippen LogP contribution in [0.1, 0.15) is 13.8 Å². The van der Waals surface area contributed by atoms with Gasteiger partial charge in [0.05, 0.1) is 6.54 Å². The molecule has 0 aliphatic heterocycles. The number of likely N-dealkylation sites (N-methyl/N-ethyl adjacent to an activating group) is 1. The number of carbonyl (C=O) groups is 1. The third-order valence-electron chi connectivity index (χ3n) is 2.09. The zero-order valence-corrected chi connectivity index (χ0v) is 9.20. The number of rotatable bonds is 6. The van der Waals surface area contributed by atoms with Crippen LogP contribution in [0.3, 0.4) is 0 Å². The summed E-state index contributed by atoms with van der Waals surface area (Å²) in [5.74, 6) is -0.188. The standard InChI is InChI=1S/C9H18F2N2O2/c1-6(2)13(3)8(15)5-12-4-7(14)9(10)11/h6-7,9,12,14H,4-5H2,1-3H3. The SMILES string of the molecule is CC(C)N(C)C(=O)CNCC(O)C(F)F. The summed E-state index contributed by atoms with van der Waals surface area (Å²) >= 11 is 0. The Labute approximate surface area is 88.3 Å². The van der Waals surface area contributed by atoms with Crippen molar-refractivity contribution in [1.29, 1.82) is 0 Å². The summed E-state index contributed by atoms with van der Waals surface area (Å²) in [5, 5.41) is 11.2. The Hall–Kier alpha value is -0.750. The van der Waals surface area contributed by atoms with Crippen LogP contribution < -0.4 is 5.32 Å². The third-order valence-corrected chi connectivity index (χ3v) is 2.09. The number of halogens is 2. The molecule has 1 atom stereocenters. The summed E-state index contributed by atoms with van der Waals surface area (Å²) in [7, 11) is 1.64. The quantitative estimate of drug-likeness (QED) is 0.671. The number of alkyl halides is 2. The van der Waals surface area contributed by atoms with Gasteiger partial charge in [-0.05, 0) is 13.8 Å². The zero-order chi connectivity index (χ0) is 12.0. The lowest BCUT2D eigenvalue weighted by Gasteiger charge is -2.21. The van der Waals surface area contributed by atoms with Gasteiger partial charge in [0.2, 0.25) is 5.91 Å². The molecule has 0 aliphatic rings. The van der Waals surface area contributed by atoms with Gasteiger partial charge in [0.25, 0.3) is 6.43 Å². The van der Waals surface area contributed by atoms with Gasteiger partial charge < -0.3 is 15.3 Å². The fraction of sp³-hybridized carbons (Fsp3) is 0.889. The summed E-state index contributed by atoms with van der Waals surface area (Å²) in [6.07, 6.45) is -4.50. The minimum atomic E-state index is -2.78. The second-order valence-corrected chi connectivity index (χ2v) is 3.63. The van der Waals surface area contributed by atoms with Crippen LogP contribution in [0.15, 0.2) is 0 Å². The largest absolute Gasteiger partial charge is 0.386 e. The van der Waals surface area contributed by atoms with Crippen LogP contribution in [-0.2, 0) is 4.79 Å². The van der Waals surface area contributed by atoms with Crippen molar-refractivity contribution < 1.29 is 18.7 Å². The van der Waals surface area contributed by atoms with E-state index in [1.807, 2.05) is 13.8 Å². The van der Waals surface area contributed by atoms with Crippen molar-refractivity contribution in [1.82, 2.24) is 10.2 Å². The first kappa shape index (κ1) is 14.2. The van der Waals surface area contributed by atoms with Crippen molar-refractivity contribution in [2.75, 3.05) is 20.1 Å². The molecule has 0 fully saturated rings. The van der Waals surface area contributed by atoms with Crippen LogP contribution in [0.2, 0.25) is 0 Å². The van der Waals surface area contributed by atoms with E-state index in [-0.39, 0.29) is 25.0 Å². The number of amides is 1. The lowest BCUT2D eigenvalue weighted by Crippen LogP contribution is -2.42. The molecule has 90 valence electrons. The average molecular weight is 224 g/mol. The van der Waals surface area contributed by atoms with E-state index < -0.39 is 12.5 Å². The zero-order valence-electron chi connectivity index (χ0n) is 9.20. The van der Waals surface area contributed by atoms with Gasteiger partial charge in [0.15, 0.2) is 0 Å². The molecule has 0 aromatic heterocycles. The fourth-order valence-corrected chi connectivity index (χ4v) is 0.829. The smallest absolute Gasteiger partial charge is 0.265 e. The van der Waals surface area contributed by atoms with Crippen molar-refractivity contribution >= 4 is 5.91 Å². The Morgan fingerprint density at radius 2 is 2.00 bits per heavy atom. The van der Waals surface area contributed by atoms with Gasteiger partial charge in [-0.3, -0.25) is 4.79 Å². The molecular weight excluding hydrogens is 206 g/mol. The highest BCUT2D eigenvalue weighted by atomic mass is 19.3. The summed E-state index contributed by atoms with van der Waals surface area (Å²) in [6, 6.07) is 0.0688. The maximum Gasteiger partial charge on any atom is 0.265 e. The molecular formula is C9H18F2N2O2. The molecule has 0 heterocycles. The molecule has 0 rings (SSSR count). The number of aliphatic hydroxyl groups excluding tert-OH is 1. The summed E-state index contributed by atoms with van der Waals surface area (Å²) in [6.45, 7) is 3.38. The monoisotopic (exact) mass is 224 g/mol. The van der Waals surface area contributed by atoms with Gasteiger partial charge in [-0.2, -0.15) is 0 Å². The summed E-state index contributed by atoms with van der Waals surface area (Å²) in [5.41, 5.74) is 0. The summed E-state index contributed by atoms with van der Waals surface area (Å²) in [4.78, 5) is 12.8. The molecule has 0 radical (unpaired) electrons. The fourth-order valence-electron chi connectivity index (χ4n) is 0.829. The molecule has 0 bridgehead atoms. The number of nitrogens with one attached hydrogen (secondary N) is 1. The van der Waals surface area contributed by atoms with Crippen molar-refractivity contribution in [3.05, 3.63) is 0 Å². The van der Waals surface area contributed by atoms with Crippen LogP contribution >= 0.6 is 0 Å². The van der Waals surface area contributed by atoms with E-state index in [9.17, 15) is 13.6 Å². The molecule has 4 nitrogen and oxygen atoms in total. The molecule has 0 saturated carbocycles. The molecule has 1 amide bonds. The lowest BCUT2D eigenvalue weighted by atomic mass is 10.3. The molecule has 0 spiro atoms. The van der Waals surface area contributed by atoms with E-state index in [1.54, 1.807) is 7.05 Å². The Morgan fingerprint density at radius 3 is 2.40 bits per heavy atom. The van der Waals surface area contributed by atoms with Crippen LogP contribution in [0.5, 0.6) is 0 Å². The predicted octanol–water partition coefficient (Wildman–Crippen LogP) is 0.0688. The van der Waals surface area contributed by atoms with Gasteiger partial charge in [-0.1, -0.05) is 0 Å². The van der Waals surface area contributed by atoms with E-state index in [1.165, 1.54) is 4.90 Å². The first-order valence-corrected chi connectivity index (χ1v) is 4.78. The van der Waals surface area contributed by atoms with E-state index in [0.29, 0.717) is 0 Å². The normalized spacial score (nSPS) is 13.3. The first-order chi connectivity index (χ1) is 6.86. The topological polar surface area (TPSA) is 52.6 Å². The molecule has 15 heavy (non-hydrogen) atoms. The van der Waals surface area contributed by atoms with E-state index >= 15 is 0 Å². The highest BCUT2D eigenvalue weighted by molar-refractivity contribution is 5.78. The van der Waals surface area contributed by atoms with Crippen LogP contribution in [0.4, 0.5) is 8.78 Å². The van der Waals surface area contributed by atoms with Gasteiger partial charge in [-0.25, -0.2) is 8.78 Å². The molecule has 0 aromatic carbocycles. The van der Waals surface area contributed by atoms with Crippen molar-refractivity contribution in [2.24, 2.45) is 0 Å². The highest BCUT2D eigenvalue weighted by Crippen LogP contribution is 1.98. The summed E-state index contributed by atoms with van der Waals surface area (Å²) < 4.78 is 23.7. The van der Waals surface area contributed by atoms with Crippen molar-refractivity contribution in [3.63, 3.8) is 0 Å². The van der Waals surface area contributed by atoms with E-state index in [4.69, 9.17) is 5.11 Å². The van der Waals surface area contributed by atoms with Crippen molar-refractivity contribution in [3.8, 4) is 0 Å². The van der Waals surface area contributed by atoms with Crippen molar-refractivity contribution in [2.45, 2.75) is 32.4 Å². The molecule has 1 unspecified atom stereocenters. The number of carbonyl (C=O) groups excluding carboxylic acids is 1. The van der Waals surface area contributed by atoms with Gasteiger partial charge in [-0.15, -0.1) is 0 Å². The van der Waals surface area contributed by atoms with E-state index in [2.05, 4.69) is 5.32 Å². The van der Waals surface area contributed by atoms with E-state index in [0.717, 1.165) is 0 Å². The molecule has 0 aromatic rings. The van der Waals surface area contributed by atoms with Crippen LogP contribution in [0.25, 0.3) is 0 Å². The molecule has 0 aliphatic carbocycles. The van der Waals surface area contributed by atoms with Crippen LogP contribution in [-0.4, -0.2) is 54.6 Å². The van der Waals surface area contributed by atoms with Gasteiger partial charge in [0, 0.05) is 19.6 Å². The highest BCUT2D eigenvalue weighted by Gasteiger charge is 2.17. The van der Waals surface area contributed by atoms with Gasteiger partial charge >= 0.3 is 0 Å². The number of hydrogen-bond acceptors (Lipinski definition) is 3. The Morgan fingerprint density at radius 1 is 1.47 bits per heavy atom.